The van der Waals surface area contributed by atoms with Crippen LogP contribution in [0.1, 0.15) is 9.67 Å². The van der Waals surface area contributed by atoms with Crippen molar-refractivity contribution >= 4 is 28.3 Å². The van der Waals surface area contributed by atoms with E-state index in [0.29, 0.717) is 27.2 Å². The number of carbonyl (C=O) groups excluding carboxylic acids is 1. The maximum atomic E-state index is 12.7. The highest BCUT2D eigenvalue weighted by Crippen LogP contribution is 2.24. The first-order valence-corrected chi connectivity index (χ1v) is 8.47. The van der Waals surface area contributed by atoms with Gasteiger partial charge in [-0.15, -0.1) is 11.3 Å². The number of hydrogen-bond donors (Lipinski definition) is 0. The maximum Gasteiger partial charge on any atom is 0.353 e. The summed E-state index contributed by atoms with van der Waals surface area (Å²) in [6.45, 7) is 0. The quantitative estimate of drug-likeness (QED) is 0.396. The van der Waals surface area contributed by atoms with Gasteiger partial charge in [-0.05, 0) is 29.1 Å². The average molecular weight is 348 g/mol. The molecule has 4 rings (SSSR count). The monoisotopic (exact) mass is 348 g/mol. The predicted octanol–water partition coefficient (Wildman–Crippen LogP) is 4.74. The highest BCUT2D eigenvalue weighted by Gasteiger charge is 2.13. The third-order valence-electron chi connectivity index (χ3n) is 3.76. The molecule has 0 saturated heterocycles. The Bertz CT molecular complexity index is 1100. The molecule has 122 valence electrons. The third-order valence-corrected chi connectivity index (χ3v) is 4.61. The van der Waals surface area contributed by atoms with E-state index in [2.05, 4.69) is 0 Å². The number of fused-ring (bicyclic) bond motifs is 1. The number of ether oxygens (including phenoxy) is 1. The smallest absolute Gasteiger partial charge is 0.353 e. The van der Waals surface area contributed by atoms with E-state index in [9.17, 15) is 9.59 Å². The minimum Gasteiger partial charge on any atom is -0.463 e. The summed E-state index contributed by atoms with van der Waals surface area (Å²) in [5.41, 5.74) is 1.55. The summed E-state index contributed by atoms with van der Waals surface area (Å²) in [5.74, 6) is -0.0980. The zero-order valence-corrected chi connectivity index (χ0v) is 13.8. The molecular weight excluding hydrogens is 336 g/mol. The highest BCUT2D eigenvalue weighted by atomic mass is 32.1. The topological polar surface area (TPSA) is 56.5 Å². The van der Waals surface area contributed by atoms with E-state index in [1.54, 1.807) is 35.7 Å². The summed E-state index contributed by atoms with van der Waals surface area (Å²) < 4.78 is 10.9. The minimum atomic E-state index is -0.433. The van der Waals surface area contributed by atoms with E-state index >= 15 is 0 Å². The van der Waals surface area contributed by atoms with Crippen molar-refractivity contribution in [1.29, 1.82) is 0 Å². The van der Waals surface area contributed by atoms with Crippen LogP contribution in [0.15, 0.2) is 81.5 Å². The molecule has 2 heterocycles. The lowest BCUT2D eigenvalue weighted by atomic mass is 10.1. The van der Waals surface area contributed by atoms with Crippen molar-refractivity contribution in [3.05, 3.63) is 87.4 Å². The van der Waals surface area contributed by atoms with Crippen molar-refractivity contribution < 1.29 is 13.9 Å². The van der Waals surface area contributed by atoms with Gasteiger partial charge in [0, 0.05) is 6.07 Å². The Morgan fingerprint density at radius 2 is 1.84 bits per heavy atom. The van der Waals surface area contributed by atoms with Gasteiger partial charge in [0.05, 0.1) is 10.9 Å². The van der Waals surface area contributed by atoms with E-state index in [1.807, 2.05) is 30.3 Å². The first kappa shape index (κ1) is 15.4. The van der Waals surface area contributed by atoms with Crippen LogP contribution in [-0.4, -0.2) is 5.97 Å². The summed E-state index contributed by atoms with van der Waals surface area (Å²) in [5, 5.41) is 2.25. The zero-order valence-electron chi connectivity index (χ0n) is 13.0. The fourth-order valence-electron chi connectivity index (χ4n) is 2.54. The SMILES string of the molecule is O=C(Oc1ccc2c(=O)c(-c3ccccc3)coc2c1)c1cccs1. The van der Waals surface area contributed by atoms with Gasteiger partial charge in [0.25, 0.3) is 0 Å². The van der Waals surface area contributed by atoms with Gasteiger partial charge in [0.1, 0.15) is 22.5 Å². The molecule has 0 amide bonds. The van der Waals surface area contributed by atoms with E-state index in [1.165, 1.54) is 17.6 Å². The van der Waals surface area contributed by atoms with Crippen molar-refractivity contribution in [3.8, 4) is 16.9 Å². The predicted molar refractivity (Wildman–Crippen MR) is 97.2 cm³/mol. The normalized spacial score (nSPS) is 10.7. The molecule has 0 aliphatic heterocycles. The van der Waals surface area contributed by atoms with Gasteiger partial charge in [0.15, 0.2) is 5.43 Å². The lowest BCUT2D eigenvalue weighted by molar-refractivity contribution is 0.0740. The number of rotatable bonds is 3. The molecule has 0 unspecified atom stereocenters. The van der Waals surface area contributed by atoms with Crippen LogP contribution >= 0.6 is 11.3 Å². The molecule has 0 aliphatic rings. The maximum absolute atomic E-state index is 12.7. The Morgan fingerprint density at radius 3 is 2.60 bits per heavy atom. The molecule has 5 heteroatoms. The molecule has 0 saturated carbocycles. The molecule has 0 radical (unpaired) electrons. The second kappa shape index (κ2) is 6.37. The number of esters is 1. The zero-order chi connectivity index (χ0) is 17.2. The summed E-state index contributed by atoms with van der Waals surface area (Å²) in [4.78, 5) is 25.2. The Hall–Kier alpha value is -3.18. The molecular formula is C20H12O4S. The van der Waals surface area contributed by atoms with Crippen LogP contribution in [0.4, 0.5) is 0 Å². The molecule has 0 atom stereocenters. The van der Waals surface area contributed by atoms with Gasteiger partial charge < -0.3 is 9.15 Å². The van der Waals surface area contributed by atoms with Crippen LogP contribution < -0.4 is 10.2 Å². The molecule has 0 N–H and O–H groups in total. The van der Waals surface area contributed by atoms with Gasteiger partial charge in [-0.25, -0.2) is 4.79 Å². The molecule has 0 fully saturated rings. The third kappa shape index (κ3) is 2.97. The first-order chi connectivity index (χ1) is 12.2. The minimum absolute atomic E-state index is 0.122. The van der Waals surface area contributed by atoms with Crippen LogP contribution in [-0.2, 0) is 0 Å². The molecule has 25 heavy (non-hydrogen) atoms. The van der Waals surface area contributed by atoms with Gasteiger partial charge in [-0.3, -0.25) is 4.79 Å². The van der Waals surface area contributed by atoms with Crippen LogP contribution in [0.2, 0.25) is 0 Å². The lowest BCUT2D eigenvalue weighted by Crippen LogP contribution is -2.07. The molecule has 0 spiro atoms. The van der Waals surface area contributed by atoms with E-state index < -0.39 is 5.97 Å². The second-order valence-corrected chi connectivity index (χ2v) is 6.32. The highest BCUT2D eigenvalue weighted by molar-refractivity contribution is 7.12. The van der Waals surface area contributed by atoms with Gasteiger partial charge in [-0.1, -0.05) is 36.4 Å². The fraction of sp³-hybridized carbons (Fsp3) is 0. The van der Waals surface area contributed by atoms with E-state index in [-0.39, 0.29) is 5.43 Å². The number of hydrogen-bond acceptors (Lipinski definition) is 5. The summed E-state index contributed by atoms with van der Waals surface area (Å²) in [6, 6.07) is 17.6. The molecule has 2 aromatic carbocycles. The average Bonchev–Trinajstić information content (AvgIpc) is 3.18. The van der Waals surface area contributed by atoms with Crippen LogP contribution in [0.5, 0.6) is 5.75 Å². The van der Waals surface area contributed by atoms with Gasteiger partial charge >= 0.3 is 5.97 Å². The Morgan fingerprint density at radius 1 is 1.00 bits per heavy atom. The van der Waals surface area contributed by atoms with Crippen LogP contribution in [0.25, 0.3) is 22.1 Å². The Labute approximate surface area is 146 Å². The number of thiophene rings is 1. The van der Waals surface area contributed by atoms with Crippen LogP contribution in [0, 0.1) is 0 Å². The lowest BCUT2D eigenvalue weighted by Gasteiger charge is -2.05. The largest absolute Gasteiger partial charge is 0.463 e. The molecule has 4 nitrogen and oxygen atoms in total. The fourth-order valence-corrected chi connectivity index (χ4v) is 3.14. The Balaban J connectivity index is 1.71. The molecule has 0 aliphatic carbocycles. The molecule has 4 aromatic rings. The summed E-state index contributed by atoms with van der Waals surface area (Å²) in [6.07, 6.45) is 1.44. The number of carbonyl (C=O) groups is 1. The van der Waals surface area contributed by atoms with Crippen molar-refractivity contribution in [2.75, 3.05) is 0 Å². The van der Waals surface area contributed by atoms with Gasteiger partial charge in [0.2, 0.25) is 0 Å². The van der Waals surface area contributed by atoms with Gasteiger partial charge in [-0.2, -0.15) is 0 Å². The Kier molecular flexibility index (Phi) is 3.91. The van der Waals surface area contributed by atoms with Crippen molar-refractivity contribution in [3.63, 3.8) is 0 Å². The van der Waals surface area contributed by atoms with E-state index in [4.69, 9.17) is 9.15 Å². The molecule has 2 aromatic heterocycles. The molecule has 0 bridgehead atoms. The van der Waals surface area contributed by atoms with Crippen LogP contribution in [0.3, 0.4) is 0 Å². The second-order valence-electron chi connectivity index (χ2n) is 5.37. The van der Waals surface area contributed by atoms with Crippen molar-refractivity contribution in [2.45, 2.75) is 0 Å². The van der Waals surface area contributed by atoms with Crippen molar-refractivity contribution in [2.24, 2.45) is 0 Å². The van der Waals surface area contributed by atoms with E-state index in [0.717, 1.165) is 5.56 Å². The summed E-state index contributed by atoms with van der Waals surface area (Å²) >= 11 is 1.31. The first-order valence-electron chi connectivity index (χ1n) is 7.59. The summed E-state index contributed by atoms with van der Waals surface area (Å²) in [7, 11) is 0. The number of benzene rings is 2. The standard InChI is InChI=1S/C20H12O4S/c21-19-15-9-8-14(24-20(22)18-7-4-10-25-18)11-17(15)23-12-16(19)13-5-2-1-3-6-13/h1-12H. The van der Waals surface area contributed by atoms with Crippen molar-refractivity contribution in [1.82, 2.24) is 0 Å².